The molecule has 3 aromatic carbocycles. The van der Waals surface area contributed by atoms with Crippen LogP contribution in [-0.2, 0) is 31.0 Å². The fourth-order valence-corrected chi connectivity index (χ4v) is 5.56. The first-order valence-corrected chi connectivity index (χ1v) is 13.8. The van der Waals surface area contributed by atoms with E-state index >= 15 is 0 Å². The van der Waals surface area contributed by atoms with Crippen molar-refractivity contribution in [2.24, 2.45) is 5.10 Å². The van der Waals surface area contributed by atoms with Crippen LogP contribution in [0, 0.1) is 0 Å². The molecule has 1 heterocycles. The molecule has 42 heavy (non-hydrogen) atoms. The number of carbonyl (C=O) groups excluding carboxylic acids is 1. The minimum absolute atomic E-state index is 0.153. The predicted octanol–water partition coefficient (Wildman–Crippen LogP) is 3.39. The Morgan fingerprint density at radius 3 is 2.45 bits per heavy atom. The Kier molecular flexibility index (Phi) is 10.5. The summed E-state index contributed by atoms with van der Waals surface area (Å²) in [6.07, 6.45) is -3.04. The van der Waals surface area contributed by atoms with Gasteiger partial charge in [0.25, 0.3) is 0 Å². The molecule has 0 aromatic heterocycles. The Bertz CT molecular complexity index is 1560. The van der Waals surface area contributed by atoms with Gasteiger partial charge in [0.15, 0.2) is 0 Å². The van der Waals surface area contributed by atoms with Crippen LogP contribution in [0.2, 0.25) is 0 Å². The SMILES string of the molecule is CONN=Cc1cccc(CN2CC[C@H](N(C)S(=O)(=O)c3ccc4cc(OC)ccc4c3)C2=O)c1.O=C(O)C(F)(F)F. The number of likely N-dealkylation sites (N-methyl/N-ethyl adjacent to an activating group) is 1. The quantitative estimate of drug-likeness (QED) is 0.278. The van der Waals surface area contributed by atoms with Crippen LogP contribution in [0.5, 0.6) is 5.75 Å². The van der Waals surface area contributed by atoms with Crippen molar-refractivity contribution in [2.45, 2.75) is 30.1 Å². The van der Waals surface area contributed by atoms with Crippen molar-refractivity contribution in [1.29, 1.82) is 0 Å². The number of carboxylic acids is 1. The second kappa shape index (κ2) is 13.6. The molecule has 226 valence electrons. The number of hydrazone groups is 1. The van der Waals surface area contributed by atoms with Crippen LogP contribution >= 0.6 is 0 Å². The summed E-state index contributed by atoms with van der Waals surface area (Å²) >= 11 is 0. The molecular formula is C27H29F3N4O7S. The lowest BCUT2D eigenvalue weighted by molar-refractivity contribution is -0.192. The van der Waals surface area contributed by atoms with E-state index in [0.29, 0.717) is 25.3 Å². The van der Waals surface area contributed by atoms with E-state index in [0.717, 1.165) is 21.9 Å². The number of methoxy groups -OCH3 is 1. The van der Waals surface area contributed by atoms with E-state index in [1.807, 2.05) is 36.4 Å². The number of benzene rings is 3. The number of rotatable bonds is 9. The van der Waals surface area contributed by atoms with Gasteiger partial charge in [0.1, 0.15) is 11.8 Å². The summed E-state index contributed by atoms with van der Waals surface area (Å²) < 4.78 is 64.9. The summed E-state index contributed by atoms with van der Waals surface area (Å²) in [4.78, 5) is 28.6. The molecule has 1 aliphatic heterocycles. The normalized spacial score (nSPS) is 15.6. The van der Waals surface area contributed by atoms with E-state index in [1.165, 1.54) is 18.5 Å². The second-order valence-electron chi connectivity index (χ2n) is 9.06. The van der Waals surface area contributed by atoms with Crippen LogP contribution in [0.4, 0.5) is 13.2 Å². The molecule has 15 heteroatoms. The molecule has 1 saturated heterocycles. The molecule has 0 spiro atoms. The van der Waals surface area contributed by atoms with E-state index in [2.05, 4.69) is 15.5 Å². The standard InChI is InChI=1S/C25H28N4O5S.C2HF3O2/c1-28(35(31,32)23-10-8-20-14-22(33-2)9-7-21(20)15-23)24-11-12-29(25(24)30)17-19-6-4-5-18(13-19)16-26-27-34-3;3-2(4,5)1(6)7/h4-10,13-16,24,27H,11-12,17H2,1-3H3;(H,6,7)/t24-;/m0./s1. The molecular weight excluding hydrogens is 581 g/mol. The number of nitrogens with one attached hydrogen (secondary N) is 1. The highest BCUT2D eigenvalue weighted by Gasteiger charge is 2.40. The molecule has 11 nitrogen and oxygen atoms in total. The fourth-order valence-electron chi connectivity index (χ4n) is 4.19. The topological polar surface area (TPSA) is 138 Å². The summed E-state index contributed by atoms with van der Waals surface area (Å²) in [5.74, 6) is -2.26. The zero-order valence-electron chi connectivity index (χ0n) is 22.8. The monoisotopic (exact) mass is 610 g/mol. The van der Waals surface area contributed by atoms with Crippen molar-refractivity contribution in [2.75, 3.05) is 27.8 Å². The Morgan fingerprint density at radius 2 is 1.81 bits per heavy atom. The van der Waals surface area contributed by atoms with E-state index < -0.39 is 28.2 Å². The molecule has 0 saturated carbocycles. The number of sulfonamides is 1. The molecule has 0 bridgehead atoms. The van der Waals surface area contributed by atoms with Gasteiger partial charge in [0, 0.05) is 20.1 Å². The van der Waals surface area contributed by atoms with Crippen molar-refractivity contribution in [3.8, 4) is 5.75 Å². The minimum atomic E-state index is -5.08. The molecule has 0 radical (unpaired) electrons. The molecule has 4 rings (SSSR count). The first-order chi connectivity index (χ1) is 19.8. The smallest absolute Gasteiger partial charge is 0.490 e. The van der Waals surface area contributed by atoms with Crippen molar-refractivity contribution in [1.82, 2.24) is 14.8 Å². The van der Waals surface area contributed by atoms with Crippen LogP contribution < -0.4 is 10.3 Å². The van der Waals surface area contributed by atoms with Crippen LogP contribution in [-0.4, -0.2) is 80.9 Å². The highest BCUT2D eigenvalue weighted by Crippen LogP contribution is 2.28. The number of likely N-dealkylation sites (tertiary alicyclic amines) is 1. The lowest BCUT2D eigenvalue weighted by Gasteiger charge is -2.24. The average molecular weight is 611 g/mol. The third kappa shape index (κ3) is 7.96. The third-order valence-electron chi connectivity index (χ3n) is 6.33. The van der Waals surface area contributed by atoms with Gasteiger partial charge in [0.2, 0.25) is 15.9 Å². The highest BCUT2D eigenvalue weighted by atomic mass is 32.2. The predicted molar refractivity (Wildman–Crippen MR) is 147 cm³/mol. The van der Waals surface area contributed by atoms with E-state index in [-0.39, 0.29) is 10.8 Å². The molecule has 1 fully saturated rings. The maximum absolute atomic E-state index is 13.4. The Morgan fingerprint density at radius 1 is 1.14 bits per heavy atom. The number of hydrogen-bond acceptors (Lipinski definition) is 8. The third-order valence-corrected chi connectivity index (χ3v) is 8.19. The van der Waals surface area contributed by atoms with Gasteiger partial charge < -0.3 is 14.7 Å². The van der Waals surface area contributed by atoms with Gasteiger partial charge in [-0.05, 0) is 58.7 Å². The lowest BCUT2D eigenvalue weighted by atomic mass is 10.1. The summed E-state index contributed by atoms with van der Waals surface area (Å²) in [6.45, 7) is 0.866. The number of nitrogens with zero attached hydrogens (tertiary/aromatic N) is 3. The van der Waals surface area contributed by atoms with Gasteiger partial charge in [0.05, 0.1) is 25.3 Å². The first kappa shape index (κ1) is 32.3. The van der Waals surface area contributed by atoms with Crippen molar-refractivity contribution < 1.29 is 45.9 Å². The maximum atomic E-state index is 13.4. The summed E-state index contributed by atoms with van der Waals surface area (Å²) in [5, 5.41) is 12.7. The van der Waals surface area contributed by atoms with Gasteiger partial charge in [-0.15, -0.1) is 0 Å². The van der Waals surface area contributed by atoms with Gasteiger partial charge >= 0.3 is 12.1 Å². The number of aliphatic carboxylic acids is 1. The van der Waals surface area contributed by atoms with Crippen molar-refractivity contribution in [3.63, 3.8) is 0 Å². The number of halogens is 3. The molecule has 1 aliphatic rings. The number of alkyl halides is 3. The number of fused-ring (bicyclic) bond motifs is 1. The summed E-state index contributed by atoms with van der Waals surface area (Å²) in [7, 11) is 0.667. The zero-order valence-corrected chi connectivity index (χ0v) is 23.6. The van der Waals surface area contributed by atoms with E-state index in [1.54, 1.807) is 42.5 Å². The Hall–Kier alpha value is -4.21. The number of amides is 1. The van der Waals surface area contributed by atoms with Crippen molar-refractivity contribution >= 4 is 38.9 Å². The van der Waals surface area contributed by atoms with Gasteiger partial charge in [-0.25, -0.2) is 13.2 Å². The molecule has 3 aromatic rings. The van der Waals surface area contributed by atoms with Crippen LogP contribution in [0.1, 0.15) is 17.5 Å². The van der Waals surface area contributed by atoms with Crippen LogP contribution in [0.15, 0.2) is 70.7 Å². The first-order valence-electron chi connectivity index (χ1n) is 12.3. The molecule has 0 unspecified atom stereocenters. The largest absolute Gasteiger partial charge is 0.497 e. The average Bonchev–Trinajstić information content (AvgIpc) is 3.31. The van der Waals surface area contributed by atoms with E-state index in [9.17, 15) is 26.4 Å². The van der Waals surface area contributed by atoms with Crippen molar-refractivity contribution in [3.05, 3.63) is 71.8 Å². The van der Waals surface area contributed by atoms with E-state index in [4.69, 9.17) is 14.6 Å². The van der Waals surface area contributed by atoms with Gasteiger partial charge in [-0.2, -0.15) is 28.2 Å². The number of carboxylic acid groups (broad SMARTS) is 1. The van der Waals surface area contributed by atoms with Crippen LogP contribution in [0.3, 0.4) is 0 Å². The van der Waals surface area contributed by atoms with Gasteiger partial charge in [-0.3, -0.25) is 9.63 Å². The fraction of sp³-hybridized carbons (Fsp3) is 0.296. The Labute approximate surface area is 240 Å². The minimum Gasteiger partial charge on any atom is -0.497 e. The molecule has 1 atom stereocenters. The summed E-state index contributed by atoms with van der Waals surface area (Å²) in [5.41, 5.74) is 4.17. The molecule has 0 aliphatic carbocycles. The summed E-state index contributed by atoms with van der Waals surface area (Å²) in [6, 6.07) is 17.3. The Balaban J connectivity index is 0.000000616. The highest BCUT2D eigenvalue weighted by molar-refractivity contribution is 7.89. The zero-order chi connectivity index (χ0) is 31.1. The van der Waals surface area contributed by atoms with Crippen LogP contribution in [0.25, 0.3) is 10.8 Å². The molecule has 2 N–H and O–H groups in total. The lowest BCUT2D eigenvalue weighted by Crippen LogP contribution is -2.42. The second-order valence-corrected chi connectivity index (χ2v) is 11.1. The maximum Gasteiger partial charge on any atom is 0.490 e. The number of ether oxygens (including phenoxy) is 1. The van der Waals surface area contributed by atoms with Gasteiger partial charge in [-0.1, -0.05) is 30.3 Å². The number of hydrogen-bond donors (Lipinski definition) is 2. The molecule has 1 amide bonds. The number of carbonyl (C=O) groups is 2.